The molecule has 100 valence electrons. The third-order valence-electron chi connectivity index (χ3n) is 2.70. The summed E-state index contributed by atoms with van der Waals surface area (Å²) in [5.41, 5.74) is 7.95. The molecule has 0 spiro atoms. The van der Waals surface area contributed by atoms with Crippen LogP contribution in [-0.4, -0.2) is 32.7 Å². The highest BCUT2D eigenvalue weighted by atomic mass is 16.1. The van der Waals surface area contributed by atoms with Crippen molar-refractivity contribution in [2.75, 3.05) is 11.9 Å². The molecule has 0 saturated heterocycles. The molecular weight excluding hydrogens is 244 g/mol. The van der Waals surface area contributed by atoms with Crippen molar-refractivity contribution in [3.63, 3.8) is 0 Å². The minimum atomic E-state index is -0.0445. The van der Waals surface area contributed by atoms with Crippen LogP contribution in [-0.2, 0) is 4.79 Å². The molecule has 0 radical (unpaired) electrons. The van der Waals surface area contributed by atoms with Gasteiger partial charge in [-0.15, -0.1) is 5.10 Å². The van der Waals surface area contributed by atoms with Crippen LogP contribution in [0.4, 0.5) is 5.69 Å². The Labute approximate surface area is 110 Å². The number of nitrogens with one attached hydrogen (secondary N) is 1. The lowest BCUT2D eigenvalue weighted by Gasteiger charge is -2.09. The molecule has 2 rings (SSSR count). The van der Waals surface area contributed by atoms with E-state index < -0.39 is 0 Å². The van der Waals surface area contributed by atoms with E-state index in [1.807, 2.05) is 25.1 Å². The molecule has 0 atom stereocenters. The molecule has 1 aromatic heterocycles. The van der Waals surface area contributed by atoms with Crippen molar-refractivity contribution >= 4 is 11.6 Å². The molecule has 3 N–H and O–H groups in total. The summed E-state index contributed by atoms with van der Waals surface area (Å²) in [5, 5.41) is 13.9. The molecule has 0 aliphatic heterocycles. The van der Waals surface area contributed by atoms with Gasteiger partial charge in [0.05, 0.1) is 5.69 Å². The zero-order chi connectivity index (χ0) is 13.7. The fourth-order valence-corrected chi connectivity index (χ4v) is 1.69. The van der Waals surface area contributed by atoms with E-state index in [-0.39, 0.29) is 5.91 Å². The molecule has 0 bridgehead atoms. The number of tetrazole rings is 1. The van der Waals surface area contributed by atoms with Gasteiger partial charge in [0.15, 0.2) is 0 Å². The maximum absolute atomic E-state index is 11.6. The van der Waals surface area contributed by atoms with Crippen LogP contribution in [0.1, 0.15) is 18.4 Å². The highest BCUT2D eigenvalue weighted by Gasteiger charge is 2.06. The fraction of sp³-hybridized carbons (Fsp3) is 0.333. The molecule has 2 aromatic rings. The van der Waals surface area contributed by atoms with Gasteiger partial charge in [0.1, 0.15) is 6.33 Å². The Hall–Kier alpha value is -2.28. The summed E-state index contributed by atoms with van der Waals surface area (Å²) in [6, 6.07) is 5.60. The van der Waals surface area contributed by atoms with Crippen LogP contribution in [0.3, 0.4) is 0 Å². The Morgan fingerprint density at radius 1 is 1.47 bits per heavy atom. The van der Waals surface area contributed by atoms with Gasteiger partial charge in [-0.25, -0.2) is 4.68 Å². The van der Waals surface area contributed by atoms with Crippen LogP contribution < -0.4 is 11.1 Å². The van der Waals surface area contributed by atoms with Gasteiger partial charge in [0.2, 0.25) is 5.91 Å². The lowest BCUT2D eigenvalue weighted by atomic mass is 10.1. The highest BCUT2D eigenvalue weighted by Crippen LogP contribution is 2.18. The van der Waals surface area contributed by atoms with E-state index in [4.69, 9.17) is 5.73 Å². The number of aromatic nitrogens is 4. The van der Waals surface area contributed by atoms with Crippen LogP contribution in [0.5, 0.6) is 0 Å². The summed E-state index contributed by atoms with van der Waals surface area (Å²) in [6.07, 6.45) is 2.62. The molecule has 7 nitrogen and oxygen atoms in total. The summed E-state index contributed by atoms with van der Waals surface area (Å²) in [4.78, 5) is 11.6. The first kappa shape index (κ1) is 13.2. The van der Waals surface area contributed by atoms with Crippen molar-refractivity contribution < 1.29 is 4.79 Å². The van der Waals surface area contributed by atoms with Crippen molar-refractivity contribution in [3.8, 4) is 5.69 Å². The van der Waals surface area contributed by atoms with Crippen LogP contribution in [0.15, 0.2) is 24.5 Å². The Morgan fingerprint density at radius 3 is 3.00 bits per heavy atom. The Morgan fingerprint density at radius 2 is 2.32 bits per heavy atom. The second-order valence-electron chi connectivity index (χ2n) is 4.20. The van der Waals surface area contributed by atoms with Crippen molar-refractivity contribution in [1.82, 2.24) is 20.2 Å². The van der Waals surface area contributed by atoms with Gasteiger partial charge in [-0.3, -0.25) is 4.79 Å². The van der Waals surface area contributed by atoms with Crippen molar-refractivity contribution in [3.05, 3.63) is 30.1 Å². The molecule has 0 unspecified atom stereocenters. The summed E-state index contributed by atoms with van der Waals surface area (Å²) in [6.45, 7) is 2.47. The second kappa shape index (κ2) is 6.05. The van der Waals surface area contributed by atoms with Crippen LogP contribution in [0.2, 0.25) is 0 Å². The number of hydrogen-bond acceptors (Lipinski definition) is 5. The average molecular weight is 260 g/mol. The van der Waals surface area contributed by atoms with E-state index in [0.717, 1.165) is 16.9 Å². The molecule has 1 aromatic carbocycles. The van der Waals surface area contributed by atoms with Gasteiger partial charge < -0.3 is 11.1 Å². The maximum atomic E-state index is 11.6. The molecule has 0 fully saturated rings. The number of benzene rings is 1. The van der Waals surface area contributed by atoms with E-state index in [2.05, 4.69) is 20.8 Å². The van der Waals surface area contributed by atoms with Crippen LogP contribution in [0.25, 0.3) is 5.69 Å². The summed E-state index contributed by atoms with van der Waals surface area (Å²) < 4.78 is 1.56. The van der Waals surface area contributed by atoms with E-state index in [9.17, 15) is 4.79 Å². The first-order valence-corrected chi connectivity index (χ1v) is 6.04. The highest BCUT2D eigenvalue weighted by molar-refractivity contribution is 5.91. The third kappa shape index (κ3) is 3.35. The monoisotopic (exact) mass is 260 g/mol. The first-order chi connectivity index (χ1) is 9.20. The average Bonchev–Trinajstić information content (AvgIpc) is 2.92. The van der Waals surface area contributed by atoms with Crippen LogP contribution >= 0.6 is 0 Å². The number of rotatable bonds is 5. The van der Waals surface area contributed by atoms with E-state index in [1.54, 1.807) is 4.68 Å². The van der Waals surface area contributed by atoms with Gasteiger partial charge in [-0.2, -0.15) is 0 Å². The van der Waals surface area contributed by atoms with Gasteiger partial charge in [-0.1, -0.05) is 6.07 Å². The fourth-order valence-electron chi connectivity index (χ4n) is 1.69. The number of amides is 1. The molecule has 1 heterocycles. The molecule has 7 heteroatoms. The Kier molecular flexibility index (Phi) is 4.19. The predicted molar refractivity (Wildman–Crippen MR) is 70.8 cm³/mol. The van der Waals surface area contributed by atoms with E-state index in [0.29, 0.717) is 19.4 Å². The number of nitrogens with zero attached hydrogens (tertiary/aromatic N) is 4. The molecule has 0 aliphatic rings. The zero-order valence-corrected chi connectivity index (χ0v) is 10.7. The molecule has 19 heavy (non-hydrogen) atoms. The van der Waals surface area contributed by atoms with Crippen molar-refractivity contribution in [1.29, 1.82) is 0 Å². The van der Waals surface area contributed by atoms with Crippen molar-refractivity contribution in [2.45, 2.75) is 19.8 Å². The van der Waals surface area contributed by atoms with Crippen molar-refractivity contribution in [2.24, 2.45) is 5.73 Å². The largest absolute Gasteiger partial charge is 0.330 e. The minimum absolute atomic E-state index is 0.0445. The molecule has 1 amide bonds. The van der Waals surface area contributed by atoms with E-state index in [1.165, 1.54) is 6.33 Å². The van der Waals surface area contributed by atoms with E-state index >= 15 is 0 Å². The number of hydrogen-bond donors (Lipinski definition) is 2. The Bertz CT molecular complexity index is 551. The lowest BCUT2D eigenvalue weighted by Crippen LogP contribution is -2.13. The molecular formula is C12H16N6O. The zero-order valence-electron chi connectivity index (χ0n) is 10.7. The second-order valence-corrected chi connectivity index (χ2v) is 4.20. The van der Waals surface area contributed by atoms with Gasteiger partial charge in [0, 0.05) is 12.1 Å². The number of carbonyl (C=O) groups is 1. The first-order valence-electron chi connectivity index (χ1n) is 6.04. The SMILES string of the molecule is Cc1ccc(NC(=O)CCCN)cc1-n1cnnn1. The van der Waals surface area contributed by atoms with Gasteiger partial charge in [0.25, 0.3) is 0 Å². The quantitative estimate of drug-likeness (QED) is 0.822. The number of aryl methyl sites for hydroxylation is 1. The van der Waals surface area contributed by atoms with Gasteiger partial charge >= 0.3 is 0 Å². The summed E-state index contributed by atoms with van der Waals surface area (Å²) >= 11 is 0. The molecule has 0 aliphatic carbocycles. The smallest absolute Gasteiger partial charge is 0.224 e. The topological polar surface area (TPSA) is 98.7 Å². The van der Waals surface area contributed by atoms with Gasteiger partial charge in [-0.05, 0) is 48.0 Å². The predicted octanol–water partition coefficient (Wildman–Crippen LogP) is 0.648. The third-order valence-corrected chi connectivity index (χ3v) is 2.70. The number of carbonyl (C=O) groups excluding carboxylic acids is 1. The normalized spacial score (nSPS) is 10.4. The van der Waals surface area contributed by atoms with Crippen LogP contribution in [0, 0.1) is 6.92 Å². The number of nitrogens with two attached hydrogens (primary N) is 1. The minimum Gasteiger partial charge on any atom is -0.330 e. The lowest BCUT2D eigenvalue weighted by molar-refractivity contribution is -0.116. The molecule has 0 saturated carbocycles. The Balaban J connectivity index is 2.15. The number of anilines is 1. The standard InChI is InChI=1S/C12H16N6O/c1-9-4-5-10(15-12(19)3-2-6-13)7-11(9)18-8-14-16-17-18/h4-5,7-8H,2-3,6,13H2,1H3,(H,15,19). The maximum Gasteiger partial charge on any atom is 0.224 e. The summed E-state index contributed by atoms with van der Waals surface area (Å²) in [5.74, 6) is -0.0445. The summed E-state index contributed by atoms with van der Waals surface area (Å²) in [7, 11) is 0.